The summed E-state index contributed by atoms with van der Waals surface area (Å²) in [5.41, 5.74) is 1.66. The Bertz CT molecular complexity index is 279. The van der Waals surface area contributed by atoms with Gasteiger partial charge in [-0.3, -0.25) is 0 Å². The lowest BCUT2D eigenvalue weighted by atomic mass is 9.63. The maximum Gasteiger partial charge on any atom is 0.0465 e. The molecule has 2 rings (SSSR count). The van der Waals surface area contributed by atoms with Gasteiger partial charge in [0.2, 0.25) is 0 Å². The van der Waals surface area contributed by atoms with Crippen LogP contribution in [0.4, 0.5) is 0 Å². The minimum absolute atomic E-state index is 0.337. The van der Waals surface area contributed by atoms with E-state index in [1.165, 1.54) is 24.8 Å². The largest absolute Gasteiger partial charge is 0.396 e. The van der Waals surface area contributed by atoms with Crippen LogP contribution in [0.3, 0.4) is 0 Å². The Balaban J connectivity index is 2.15. The smallest absolute Gasteiger partial charge is 0.0465 e. The summed E-state index contributed by atoms with van der Waals surface area (Å²) in [5, 5.41) is 9.65. The fourth-order valence-corrected chi connectivity index (χ4v) is 4.64. The Hall–Kier alpha value is -0.300. The molecule has 0 radical (unpaired) electrons. The van der Waals surface area contributed by atoms with Gasteiger partial charge in [-0.1, -0.05) is 19.4 Å². The van der Waals surface area contributed by atoms with Crippen molar-refractivity contribution in [3.63, 3.8) is 0 Å². The molecular weight excluding hydrogens is 196 g/mol. The Kier molecular flexibility index (Phi) is 3.18. The zero-order valence-electron chi connectivity index (χ0n) is 11.0. The van der Waals surface area contributed by atoms with E-state index in [9.17, 15) is 5.11 Å². The summed E-state index contributed by atoms with van der Waals surface area (Å²) < 4.78 is 0. The Morgan fingerprint density at radius 1 is 1.44 bits per heavy atom. The summed E-state index contributed by atoms with van der Waals surface area (Å²) in [4.78, 5) is 0. The predicted octanol–water partition coefficient (Wildman–Crippen LogP) is 3.63. The van der Waals surface area contributed by atoms with Crippen molar-refractivity contribution >= 4 is 0 Å². The van der Waals surface area contributed by atoms with Crippen molar-refractivity contribution in [3.05, 3.63) is 12.2 Å². The molecule has 4 atom stereocenters. The van der Waals surface area contributed by atoms with E-state index in [1.54, 1.807) is 0 Å². The molecule has 0 amide bonds. The van der Waals surface area contributed by atoms with Gasteiger partial charge in [0.1, 0.15) is 0 Å². The van der Waals surface area contributed by atoms with E-state index in [1.807, 2.05) is 0 Å². The van der Waals surface area contributed by atoms with E-state index in [0.29, 0.717) is 23.9 Å². The van der Waals surface area contributed by atoms with Crippen LogP contribution < -0.4 is 0 Å². The molecule has 16 heavy (non-hydrogen) atoms. The number of fused-ring (bicyclic) bond motifs is 2. The fraction of sp³-hybridized carbons (Fsp3) is 0.867. The molecule has 4 unspecified atom stereocenters. The van der Waals surface area contributed by atoms with E-state index in [4.69, 9.17) is 0 Å². The van der Waals surface area contributed by atoms with Crippen LogP contribution in [0.2, 0.25) is 0 Å². The lowest BCUT2D eigenvalue weighted by Crippen LogP contribution is -2.37. The van der Waals surface area contributed by atoms with Gasteiger partial charge in [-0.05, 0) is 61.7 Å². The SMILES string of the molecule is C=C(C)CC(CO)C1C2CCC(C2)C1(C)C. The summed E-state index contributed by atoms with van der Waals surface area (Å²) in [6.45, 7) is 11.3. The first-order valence-corrected chi connectivity index (χ1v) is 6.72. The summed E-state index contributed by atoms with van der Waals surface area (Å²) in [6, 6.07) is 0. The molecule has 2 saturated carbocycles. The summed E-state index contributed by atoms with van der Waals surface area (Å²) in [6.07, 6.45) is 5.23. The quantitative estimate of drug-likeness (QED) is 0.720. The fourth-order valence-electron chi connectivity index (χ4n) is 4.64. The van der Waals surface area contributed by atoms with Crippen molar-refractivity contribution in [1.29, 1.82) is 0 Å². The standard InChI is InChI=1S/C15H26O/c1-10(2)7-12(9-16)14-11-5-6-13(8-11)15(14,3)4/h11-14,16H,1,5-9H2,2-4H3. The van der Waals surface area contributed by atoms with Gasteiger partial charge in [-0.2, -0.15) is 0 Å². The molecule has 2 fully saturated rings. The highest BCUT2D eigenvalue weighted by Gasteiger charge is 2.54. The predicted molar refractivity (Wildman–Crippen MR) is 68.1 cm³/mol. The lowest BCUT2D eigenvalue weighted by Gasteiger charge is -2.42. The van der Waals surface area contributed by atoms with Gasteiger partial charge < -0.3 is 5.11 Å². The first-order chi connectivity index (χ1) is 7.46. The maximum atomic E-state index is 9.65. The third kappa shape index (κ3) is 1.84. The van der Waals surface area contributed by atoms with Crippen molar-refractivity contribution < 1.29 is 5.11 Å². The molecule has 0 heterocycles. The van der Waals surface area contributed by atoms with E-state index in [0.717, 1.165) is 18.3 Å². The number of hydrogen-bond acceptors (Lipinski definition) is 1. The average molecular weight is 222 g/mol. The van der Waals surface area contributed by atoms with E-state index in [-0.39, 0.29) is 0 Å². The molecule has 0 aromatic rings. The van der Waals surface area contributed by atoms with Gasteiger partial charge in [0.05, 0.1) is 0 Å². The molecule has 0 spiro atoms. The molecule has 1 heteroatoms. The molecule has 2 aliphatic carbocycles. The summed E-state index contributed by atoms with van der Waals surface area (Å²) in [7, 11) is 0. The van der Waals surface area contributed by atoms with Gasteiger partial charge in [0.25, 0.3) is 0 Å². The van der Waals surface area contributed by atoms with Crippen LogP contribution in [0.25, 0.3) is 0 Å². The van der Waals surface area contributed by atoms with E-state index in [2.05, 4.69) is 27.4 Å². The summed E-state index contributed by atoms with van der Waals surface area (Å²) >= 11 is 0. The molecule has 0 aromatic carbocycles. The maximum absolute atomic E-state index is 9.65. The van der Waals surface area contributed by atoms with Gasteiger partial charge in [-0.25, -0.2) is 0 Å². The minimum Gasteiger partial charge on any atom is -0.396 e. The topological polar surface area (TPSA) is 20.2 Å². The minimum atomic E-state index is 0.337. The second-order valence-electron chi connectivity index (χ2n) is 6.72. The first kappa shape index (κ1) is 12.2. The third-order valence-electron chi connectivity index (χ3n) is 5.25. The molecule has 0 saturated heterocycles. The monoisotopic (exact) mass is 222 g/mol. The summed E-state index contributed by atoms with van der Waals surface area (Å²) in [5.74, 6) is 2.94. The van der Waals surface area contributed by atoms with Crippen LogP contribution in [-0.4, -0.2) is 11.7 Å². The zero-order chi connectivity index (χ0) is 11.9. The van der Waals surface area contributed by atoms with E-state index >= 15 is 0 Å². The van der Waals surface area contributed by atoms with Crippen molar-refractivity contribution in [2.24, 2.45) is 29.1 Å². The number of allylic oxidation sites excluding steroid dienone is 1. The van der Waals surface area contributed by atoms with Crippen LogP contribution in [0.15, 0.2) is 12.2 Å². The number of hydrogen-bond donors (Lipinski definition) is 1. The second-order valence-corrected chi connectivity index (χ2v) is 6.72. The highest BCUT2D eigenvalue weighted by molar-refractivity contribution is 5.05. The Morgan fingerprint density at radius 2 is 2.12 bits per heavy atom. The van der Waals surface area contributed by atoms with Gasteiger partial charge >= 0.3 is 0 Å². The molecule has 0 aromatic heterocycles. The number of aliphatic hydroxyl groups excluding tert-OH is 1. The van der Waals surface area contributed by atoms with Crippen LogP contribution in [0.5, 0.6) is 0 Å². The Labute approximate surface area is 99.9 Å². The third-order valence-corrected chi connectivity index (χ3v) is 5.25. The second kappa shape index (κ2) is 4.18. The highest BCUT2D eigenvalue weighted by atomic mass is 16.3. The van der Waals surface area contributed by atoms with Crippen molar-refractivity contribution in [2.75, 3.05) is 6.61 Å². The van der Waals surface area contributed by atoms with Crippen LogP contribution >= 0.6 is 0 Å². The Morgan fingerprint density at radius 3 is 2.56 bits per heavy atom. The molecule has 92 valence electrons. The van der Waals surface area contributed by atoms with Crippen molar-refractivity contribution in [3.8, 4) is 0 Å². The normalized spacial score (nSPS) is 37.6. The molecule has 0 aliphatic heterocycles. The van der Waals surface area contributed by atoms with E-state index < -0.39 is 0 Å². The van der Waals surface area contributed by atoms with Crippen LogP contribution in [0, 0.1) is 29.1 Å². The lowest BCUT2D eigenvalue weighted by molar-refractivity contribution is 0.0389. The number of rotatable bonds is 4. The van der Waals surface area contributed by atoms with Crippen molar-refractivity contribution in [1.82, 2.24) is 0 Å². The van der Waals surface area contributed by atoms with Crippen molar-refractivity contribution in [2.45, 2.75) is 46.5 Å². The van der Waals surface area contributed by atoms with Gasteiger partial charge in [-0.15, -0.1) is 6.58 Å². The number of aliphatic hydroxyl groups is 1. The zero-order valence-corrected chi connectivity index (χ0v) is 11.0. The van der Waals surface area contributed by atoms with Crippen LogP contribution in [0.1, 0.15) is 46.5 Å². The molecule has 1 N–H and O–H groups in total. The van der Waals surface area contributed by atoms with Gasteiger partial charge in [0, 0.05) is 6.61 Å². The molecule has 2 aliphatic rings. The average Bonchev–Trinajstić information content (AvgIpc) is 2.72. The highest BCUT2D eigenvalue weighted by Crippen LogP contribution is 2.62. The molecule has 1 nitrogen and oxygen atoms in total. The van der Waals surface area contributed by atoms with Crippen LogP contribution in [-0.2, 0) is 0 Å². The molecular formula is C15H26O. The van der Waals surface area contributed by atoms with Gasteiger partial charge in [0.15, 0.2) is 0 Å². The first-order valence-electron chi connectivity index (χ1n) is 6.72. The molecule has 2 bridgehead atoms.